The summed E-state index contributed by atoms with van der Waals surface area (Å²) >= 11 is 3.50. The first kappa shape index (κ1) is 18.1. The van der Waals surface area contributed by atoms with E-state index in [1.807, 2.05) is 37.3 Å². The minimum Gasteiger partial charge on any atom is -0.322 e. The molecule has 5 nitrogen and oxygen atoms in total. The van der Waals surface area contributed by atoms with Gasteiger partial charge >= 0.3 is 0 Å². The van der Waals surface area contributed by atoms with Crippen molar-refractivity contribution in [2.45, 2.75) is 6.92 Å². The van der Waals surface area contributed by atoms with Crippen LogP contribution in [0.3, 0.4) is 0 Å². The number of aromatic nitrogens is 2. The SMILES string of the molecule is C=CC(=O)Nc1cc(-n2c(=O)ccc3cnc4ccc(Br)cc4c32)ccc1C. The number of halogens is 1. The molecule has 138 valence electrons. The number of rotatable bonds is 3. The van der Waals surface area contributed by atoms with E-state index >= 15 is 0 Å². The molecule has 0 atom stereocenters. The molecule has 28 heavy (non-hydrogen) atoms. The Balaban J connectivity index is 2.06. The highest BCUT2D eigenvalue weighted by atomic mass is 79.9. The van der Waals surface area contributed by atoms with Gasteiger partial charge < -0.3 is 5.32 Å². The van der Waals surface area contributed by atoms with E-state index in [-0.39, 0.29) is 11.5 Å². The summed E-state index contributed by atoms with van der Waals surface area (Å²) in [5, 5.41) is 4.50. The van der Waals surface area contributed by atoms with Gasteiger partial charge in [0, 0.05) is 33.2 Å². The van der Waals surface area contributed by atoms with Crippen molar-refractivity contribution in [2.75, 3.05) is 5.32 Å². The quantitative estimate of drug-likeness (QED) is 0.375. The Labute approximate surface area is 169 Å². The first-order valence-electron chi connectivity index (χ1n) is 8.62. The summed E-state index contributed by atoms with van der Waals surface area (Å²) in [6, 6.07) is 14.6. The summed E-state index contributed by atoms with van der Waals surface area (Å²) in [6.45, 7) is 5.38. The van der Waals surface area contributed by atoms with Crippen LogP contribution in [0.2, 0.25) is 0 Å². The van der Waals surface area contributed by atoms with E-state index in [0.29, 0.717) is 11.4 Å². The fraction of sp³-hybridized carbons (Fsp3) is 0.0455. The van der Waals surface area contributed by atoms with Crippen LogP contribution in [0.25, 0.3) is 27.5 Å². The van der Waals surface area contributed by atoms with Gasteiger partial charge in [-0.1, -0.05) is 28.6 Å². The van der Waals surface area contributed by atoms with Crippen LogP contribution < -0.4 is 10.9 Å². The van der Waals surface area contributed by atoms with Crippen molar-refractivity contribution >= 4 is 49.3 Å². The van der Waals surface area contributed by atoms with E-state index in [4.69, 9.17) is 0 Å². The zero-order valence-electron chi connectivity index (χ0n) is 15.1. The van der Waals surface area contributed by atoms with Crippen molar-refractivity contribution in [2.24, 2.45) is 0 Å². The van der Waals surface area contributed by atoms with E-state index in [1.54, 1.807) is 22.9 Å². The molecule has 0 radical (unpaired) electrons. The van der Waals surface area contributed by atoms with Gasteiger partial charge in [0.05, 0.1) is 16.7 Å². The summed E-state index contributed by atoms with van der Waals surface area (Å²) < 4.78 is 2.55. The molecule has 2 aromatic carbocycles. The average molecular weight is 434 g/mol. The Hall–Kier alpha value is -3.25. The van der Waals surface area contributed by atoms with Crippen LogP contribution in [0.5, 0.6) is 0 Å². The lowest BCUT2D eigenvalue weighted by atomic mass is 10.1. The summed E-state index contributed by atoms with van der Waals surface area (Å²) in [5.74, 6) is -0.302. The third kappa shape index (κ3) is 3.12. The predicted octanol–water partition coefficient (Wildman–Crippen LogP) is 4.73. The van der Waals surface area contributed by atoms with E-state index in [9.17, 15) is 9.59 Å². The van der Waals surface area contributed by atoms with Crippen molar-refractivity contribution in [3.63, 3.8) is 0 Å². The fourth-order valence-corrected chi connectivity index (χ4v) is 3.57. The first-order valence-corrected chi connectivity index (χ1v) is 9.42. The number of carbonyl (C=O) groups excluding carboxylic acids is 1. The second-order valence-corrected chi connectivity index (χ2v) is 7.34. The van der Waals surface area contributed by atoms with Gasteiger partial charge in [0.25, 0.3) is 5.56 Å². The second-order valence-electron chi connectivity index (χ2n) is 6.42. The monoisotopic (exact) mass is 433 g/mol. The molecule has 0 saturated heterocycles. The van der Waals surface area contributed by atoms with Crippen molar-refractivity contribution < 1.29 is 4.79 Å². The highest BCUT2D eigenvalue weighted by Crippen LogP contribution is 2.28. The number of nitrogens with one attached hydrogen (secondary N) is 1. The van der Waals surface area contributed by atoms with Crippen molar-refractivity contribution in [1.82, 2.24) is 9.55 Å². The van der Waals surface area contributed by atoms with Gasteiger partial charge in [-0.25, -0.2) is 0 Å². The molecule has 4 rings (SSSR count). The number of amides is 1. The van der Waals surface area contributed by atoms with Gasteiger partial charge in [-0.05, 0) is 55.0 Å². The zero-order chi connectivity index (χ0) is 19.8. The van der Waals surface area contributed by atoms with E-state index in [1.165, 1.54) is 12.1 Å². The third-order valence-electron chi connectivity index (χ3n) is 4.60. The normalized spacial score (nSPS) is 10.9. The van der Waals surface area contributed by atoms with Crippen LogP contribution >= 0.6 is 15.9 Å². The van der Waals surface area contributed by atoms with Crippen molar-refractivity contribution in [3.8, 4) is 5.69 Å². The molecular weight excluding hydrogens is 418 g/mol. The molecule has 2 heterocycles. The molecule has 0 saturated carbocycles. The molecule has 6 heteroatoms. The van der Waals surface area contributed by atoms with Gasteiger partial charge in [-0.15, -0.1) is 0 Å². The molecule has 0 spiro atoms. The minimum absolute atomic E-state index is 0.162. The first-order chi connectivity index (χ1) is 13.5. The lowest BCUT2D eigenvalue weighted by molar-refractivity contribution is -0.111. The van der Waals surface area contributed by atoms with Crippen LogP contribution in [0, 0.1) is 6.92 Å². The van der Waals surface area contributed by atoms with E-state index in [0.717, 1.165) is 31.8 Å². The van der Waals surface area contributed by atoms with Crippen LogP contribution in [-0.4, -0.2) is 15.5 Å². The Morgan fingerprint density at radius 1 is 1.18 bits per heavy atom. The summed E-state index contributed by atoms with van der Waals surface area (Å²) in [7, 11) is 0. The molecule has 0 aliphatic heterocycles. The summed E-state index contributed by atoms with van der Waals surface area (Å²) in [4.78, 5) is 29.1. The van der Waals surface area contributed by atoms with Gasteiger partial charge in [0.15, 0.2) is 0 Å². The van der Waals surface area contributed by atoms with E-state index in [2.05, 4.69) is 32.8 Å². The highest BCUT2D eigenvalue weighted by molar-refractivity contribution is 9.10. The maximum Gasteiger partial charge on any atom is 0.255 e. The Kier molecular flexibility index (Phi) is 4.57. The van der Waals surface area contributed by atoms with Crippen LogP contribution in [0.4, 0.5) is 5.69 Å². The number of pyridine rings is 2. The Morgan fingerprint density at radius 3 is 2.79 bits per heavy atom. The molecule has 0 bridgehead atoms. The number of carbonyl (C=O) groups is 1. The van der Waals surface area contributed by atoms with E-state index < -0.39 is 0 Å². The van der Waals surface area contributed by atoms with Crippen LogP contribution in [0.1, 0.15) is 5.56 Å². The van der Waals surface area contributed by atoms with Gasteiger partial charge in [0.2, 0.25) is 5.91 Å². The van der Waals surface area contributed by atoms with Gasteiger partial charge in [-0.3, -0.25) is 19.1 Å². The zero-order valence-corrected chi connectivity index (χ0v) is 16.7. The molecule has 1 amide bonds. The predicted molar refractivity (Wildman–Crippen MR) is 116 cm³/mol. The number of fused-ring (bicyclic) bond motifs is 3. The second kappa shape index (κ2) is 7.05. The maximum absolute atomic E-state index is 12.9. The molecule has 4 aromatic rings. The lowest BCUT2D eigenvalue weighted by Crippen LogP contribution is -2.18. The van der Waals surface area contributed by atoms with Gasteiger partial charge in [-0.2, -0.15) is 0 Å². The summed E-state index contributed by atoms with van der Waals surface area (Å²) in [5.41, 5.74) is 3.58. The van der Waals surface area contributed by atoms with Crippen LogP contribution in [-0.2, 0) is 4.79 Å². The van der Waals surface area contributed by atoms with Crippen LogP contribution in [0.15, 0.2) is 76.6 Å². The Morgan fingerprint density at radius 2 is 2.00 bits per heavy atom. The molecule has 0 aliphatic rings. The largest absolute Gasteiger partial charge is 0.322 e. The number of aryl methyl sites for hydroxylation is 1. The maximum atomic E-state index is 12.9. The number of anilines is 1. The molecule has 0 unspecified atom stereocenters. The Bertz CT molecular complexity index is 1320. The molecule has 2 aromatic heterocycles. The minimum atomic E-state index is -0.302. The standard InChI is InChI=1S/C22H16BrN3O2/c1-3-20(27)25-19-11-16(7-4-13(19)2)26-21(28)9-5-14-12-24-18-8-6-15(23)10-17(18)22(14)26/h3-12H,1H2,2H3,(H,25,27). The number of nitrogens with zero attached hydrogens (tertiary/aromatic N) is 2. The number of hydrogen-bond donors (Lipinski definition) is 1. The van der Waals surface area contributed by atoms with Crippen molar-refractivity contribution in [3.05, 3.63) is 87.8 Å². The molecular formula is C22H16BrN3O2. The third-order valence-corrected chi connectivity index (χ3v) is 5.10. The molecule has 1 N–H and O–H groups in total. The topological polar surface area (TPSA) is 64.0 Å². The molecule has 0 aliphatic carbocycles. The summed E-state index contributed by atoms with van der Waals surface area (Å²) in [6.07, 6.45) is 2.98. The van der Waals surface area contributed by atoms with Gasteiger partial charge in [0.1, 0.15) is 0 Å². The van der Waals surface area contributed by atoms with Crippen molar-refractivity contribution in [1.29, 1.82) is 0 Å². The average Bonchev–Trinajstić information content (AvgIpc) is 2.69. The fourth-order valence-electron chi connectivity index (χ4n) is 3.21. The smallest absolute Gasteiger partial charge is 0.255 e. The highest BCUT2D eigenvalue weighted by Gasteiger charge is 2.12. The molecule has 0 fully saturated rings. The number of benzene rings is 2. The lowest BCUT2D eigenvalue weighted by Gasteiger charge is -2.15. The number of hydrogen-bond acceptors (Lipinski definition) is 3.